The number of carbonyl (C=O) groups excluding carboxylic acids is 1. The van der Waals surface area contributed by atoms with E-state index in [-0.39, 0.29) is 12.1 Å². The summed E-state index contributed by atoms with van der Waals surface area (Å²) in [6.07, 6.45) is 2.26. The van der Waals surface area contributed by atoms with Gasteiger partial charge in [-0.3, -0.25) is 9.78 Å². The lowest BCUT2D eigenvalue weighted by Gasteiger charge is -2.12. The van der Waals surface area contributed by atoms with E-state index in [4.69, 9.17) is 0 Å². The quantitative estimate of drug-likeness (QED) is 0.900. The predicted octanol–water partition coefficient (Wildman–Crippen LogP) is 2.45. The summed E-state index contributed by atoms with van der Waals surface area (Å²) in [4.78, 5) is 15.7. The molecule has 1 unspecified atom stereocenters. The van der Waals surface area contributed by atoms with Crippen LogP contribution in [0.5, 0.6) is 0 Å². The molecule has 0 aliphatic carbocycles. The van der Waals surface area contributed by atoms with Crippen molar-refractivity contribution < 1.29 is 14.3 Å². The lowest BCUT2D eigenvalue weighted by Crippen LogP contribution is -2.28. The second-order valence-electron chi connectivity index (χ2n) is 4.17. The third kappa shape index (κ3) is 3.85. The molecule has 1 atom stereocenters. The van der Waals surface area contributed by atoms with Crippen LogP contribution in [-0.2, 0) is 0 Å². The van der Waals surface area contributed by atoms with E-state index in [2.05, 4.69) is 26.2 Å². The molecule has 104 valence electrons. The fourth-order valence-electron chi connectivity index (χ4n) is 1.67. The zero-order chi connectivity index (χ0) is 14.5. The third-order valence-corrected chi connectivity index (χ3v) is 3.11. The van der Waals surface area contributed by atoms with Gasteiger partial charge in [0, 0.05) is 34.5 Å². The minimum Gasteiger partial charge on any atom is -0.387 e. The molecule has 0 aliphatic rings. The van der Waals surface area contributed by atoms with Crippen molar-refractivity contribution in [1.29, 1.82) is 0 Å². The van der Waals surface area contributed by atoms with Gasteiger partial charge in [-0.15, -0.1) is 0 Å². The standard InChI is InChI=1S/C14H12BrFN2O2/c15-11-4-10(5-12(16)6-11)14(20)18-8-13(19)9-2-1-3-17-7-9/h1-7,13,19H,8H2,(H,18,20). The molecule has 0 bridgehead atoms. The second-order valence-corrected chi connectivity index (χ2v) is 5.09. The van der Waals surface area contributed by atoms with Crippen LogP contribution in [0.4, 0.5) is 4.39 Å². The highest BCUT2D eigenvalue weighted by molar-refractivity contribution is 9.10. The molecule has 2 N–H and O–H groups in total. The summed E-state index contributed by atoms with van der Waals surface area (Å²) in [5.74, 6) is -0.953. The normalized spacial score (nSPS) is 11.9. The molecular weight excluding hydrogens is 327 g/mol. The number of hydrogen-bond acceptors (Lipinski definition) is 3. The number of rotatable bonds is 4. The fourth-order valence-corrected chi connectivity index (χ4v) is 2.13. The highest BCUT2D eigenvalue weighted by Gasteiger charge is 2.12. The van der Waals surface area contributed by atoms with Crippen LogP contribution in [0.15, 0.2) is 47.2 Å². The van der Waals surface area contributed by atoms with Crippen LogP contribution in [-0.4, -0.2) is 22.5 Å². The lowest BCUT2D eigenvalue weighted by atomic mass is 10.1. The van der Waals surface area contributed by atoms with Crippen LogP contribution in [0.25, 0.3) is 0 Å². The van der Waals surface area contributed by atoms with Crippen LogP contribution in [0.3, 0.4) is 0 Å². The number of pyridine rings is 1. The first-order valence-electron chi connectivity index (χ1n) is 5.88. The van der Waals surface area contributed by atoms with Crippen molar-refractivity contribution >= 4 is 21.8 Å². The predicted molar refractivity (Wildman–Crippen MR) is 75.6 cm³/mol. The van der Waals surface area contributed by atoms with E-state index >= 15 is 0 Å². The number of carbonyl (C=O) groups is 1. The van der Waals surface area contributed by atoms with E-state index < -0.39 is 17.8 Å². The molecule has 6 heteroatoms. The number of hydrogen-bond donors (Lipinski definition) is 2. The van der Waals surface area contributed by atoms with Gasteiger partial charge in [0.1, 0.15) is 5.82 Å². The average Bonchev–Trinajstić information content (AvgIpc) is 2.44. The second kappa shape index (κ2) is 6.58. The average molecular weight is 339 g/mol. The molecular formula is C14H12BrFN2O2. The van der Waals surface area contributed by atoms with Gasteiger partial charge < -0.3 is 10.4 Å². The molecule has 1 aromatic heterocycles. The number of benzene rings is 1. The van der Waals surface area contributed by atoms with Crippen molar-refractivity contribution in [2.75, 3.05) is 6.54 Å². The van der Waals surface area contributed by atoms with Crippen LogP contribution in [0.2, 0.25) is 0 Å². The highest BCUT2D eigenvalue weighted by atomic mass is 79.9. The minimum atomic E-state index is -0.857. The molecule has 1 heterocycles. The molecule has 2 rings (SSSR count). The molecule has 0 saturated carbocycles. The monoisotopic (exact) mass is 338 g/mol. The SMILES string of the molecule is O=C(NCC(O)c1cccnc1)c1cc(F)cc(Br)c1. The summed E-state index contributed by atoms with van der Waals surface area (Å²) in [7, 11) is 0. The molecule has 0 fully saturated rings. The Hall–Kier alpha value is -1.79. The third-order valence-electron chi connectivity index (χ3n) is 2.65. The molecule has 1 amide bonds. The van der Waals surface area contributed by atoms with Gasteiger partial charge in [0.2, 0.25) is 0 Å². The molecule has 2 aromatic rings. The molecule has 20 heavy (non-hydrogen) atoms. The number of halogens is 2. The molecule has 1 aromatic carbocycles. The van der Waals surface area contributed by atoms with Gasteiger partial charge in [0.25, 0.3) is 5.91 Å². The summed E-state index contributed by atoms with van der Waals surface area (Å²) in [6, 6.07) is 7.32. The van der Waals surface area contributed by atoms with Crippen LogP contribution < -0.4 is 5.32 Å². The van der Waals surface area contributed by atoms with Crippen LogP contribution in [0.1, 0.15) is 22.0 Å². The summed E-state index contributed by atoms with van der Waals surface area (Å²) in [5.41, 5.74) is 0.795. The zero-order valence-electron chi connectivity index (χ0n) is 10.4. The maximum Gasteiger partial charge on any atom is 0.251 e. The van der Waals surface area contributed by atoms with E-state index in [9.17, 15) is 14.3 Å². The summed E-state index contributed by atoms with van der Waals surface area (Å²) >= 11 is 3.12. The fraction of sp³-hybridized carbons (Fsp3) is 0.143. The molecule has 0 radical (unpaired) electrons. The maximum atomic E-state index is 13.2. The Bertz CT molecular complexity index is 587. The van der Waals surface area contributed by atoms with E-state index in [0.717, 1.165) is 6.07 Å². The van der Waals surface area contributed by atoms with Gasteiger partial charge in [-0.1, -0.05) is 22.0 Å². The number of nitrogens with zero attached hydrogens (tertiary/aromatic N) is 1. The Kier molecular flexibility index (Phi) is 4.81. The molecule has 0 saturated heterocycles. The zero-order valence-corrected chi connectivity index (χ0v) is 12.0. The van der Waals surface area contributed by atoms with Gasteiger partial charge in [-0.2, -0.15) is 0 Å². The van der Waals surface area contributed by atoms with Crippen LogP contribution >= 0.6 is 15.9 Å². The Labute approximate surface area is 123 Å². The van der Waals surface area contributed by atoms with Crippen molar-refractivity contribution in [3.05, 3.63) is 64.1 Å². The van der Waals surface area contributed by atoms with Gasteiger partial charge in [-0.25, -0.2) is 4.39 Å². The van der Waals surface area contributed by atoms with E-state index in [1.165, 1.54) is 18.3 Å². The minimum absolute atomic E-state index is 0.0264. The molecule has 4 nitrogen and oxygen atoms in total. The van der Waals surface area contributed by atoms with Crippen molar-refractivity contribution in [1.82, 2.24) is 10.3 Å². The number of aromatic nitrogens is 1. The highest BCUT2D eigenvalue weighted by Crippen LogP contribution is 2.15. The Morgan fingerprint density at radius 3 is 2.90 bits per heavy atom. The Morgan fingerprint density at radius 2 is 2.25 bits per heavy atom. The van der Waals surface area contributed by atoms with Crippen molar-refractivity contribution in [3.63, 3.8) is 0 Å². The van der Waals surface area contributed by atoms with Crippen LogP contribution in [0, 0.1) is 5.82 Å². The molecule has 0 aliphatic heterocycles. The Balaban J connectivity index is 1.98. The number of amides is 1. The first-order chi connectivity index (χ1) is 9.56. The van der Waals surface area contributed by atoms with Crippen molar-refractivity contribution in [3.8, 4) is 0 Å². The van der Waals surface area contributed by atoms with E-state index in [1.807, 2.05) is 0 Å². The topological polar surface area (TPSA) is 62.2 Å². The Morgan fingerprint density at radius 1 is 1.45 bits per heavy atom. The van der Waals surface area contributed by atoms with E-state index in [0.29, 0.717) is 10.0 Å². The van der Waals surface area contributed by atoms with Gasteiger partial charge in [-0.05, 0) is 24.3 Å². The first kappa shape index (κ1) is 14.6. The summed E-state index contributed by atoms with van der Waals surface area (Å²) in [6.45, 7) is 0.0264. The molecule has 0 spiro atoms. The van der Waals surface area contributed by atoms with Crippen molar-refractivity contribution in [2.45, 2.75) is 6.10 Å². The summed E-state index contributed by atoms with van der Waals surface area (Å²) in [5, 5.41) is 12.4. The van der Waals surface area contributed by atoms with Crippen molar-refractivity contribution in [2.24, 2.45) is 0 Å². The number of aliphatic hydroxyl groups excluding tert-OH is 1. The van der Waals surface area contributed by atoms with Gasteiger partial charge in [0.05, 0.1) is 6.10 Å². The van der Waals surface area contributed by atoms with Gasteiger partial charge >= 0.3 is 0 Å². The maximum absolute atomic E-state index is 13.2. The van der Waals surface area contributed by atoms with Gasteiger partial charge in [0.15, 0.2) is 0 Å². The number of nitrogens with one attached hydrogen (secondary N) is 1. The summed E-state index contributed by atoms with van der Waals surface area (Å²) < 4.78 is 13.7. The number of aliphatic hydroxyl groups is 1. The van der Waals surface area contributed by atoms with E-state index in [1.54, 1.807) is 18.3 Å². The lowest BCUT2D eigenvalue weighted by molar-refractivity contribution is 0.0915. The largest absolute Gasteiger partial charge is 0.387 e. The smallest absolute Gasteiger partial charge is 0.251 e. The first-order valence-corrected chi connectivity index (χ1v) is 6.68.